The lowest BCUT2D eigenvalue weighted by molar-refractivity contribution is -0.148. The van der Waals surface area contributed by atoms with Crippen molar-refractivity contribution in [1.29, 1.82) is 0 Å². The van der Waals surface area contributed by atoms with Crippen LogP contribution in [0.4, 0.5) is 0 Å². The molecule has 0 saturated carbocycles. The SMILES string of the molecule is Cc1[nH]n(-c2ccccc2)c(=O)c1C(c1ccc(Cl)cc1)N1C(=O)C(Cl)C1c1ccc(Cl)cc1. The highest BCUT2D eigenvalue weighted by molar-refractivity contribution is 6.34. The number of aromatic amines is 1. The summed E-state index contributed by atoms with van der Waals surface area (Å²) in [5.41, 5.74) is 3.22. The Labute approximate surface area is 211 Å². The smallest absolute Gasteiger partial charge is 0.277 e. The van der Waals surface area contributed by atoms with Crippen molar-refractivity contribution in [3.8, 4) is 5.69 Å². The zero-order chi connectivity index (χ0) is 24.0. The van der Waals surface area contributed by atoms with Gasteiger partial charge in [-0.15, -0.1) is 11.6 Å². The molecule has 1 amide bonds. The third-order valence-electron chi connectivity index (χ3n) is 6.15. The highest BCUT2D eigenvalue weighted by atomic mass is 35.5. The van der Waals surface area contributed by atoms with Crippen LogP contribution in [0.15, 0.2) is 83.7 Å². The number of hydrogen-bond donors (Lipinski definition) is 1. The largest absolute Gasteiger partial charge is 0.321 e. The van der Waals surface area contributed by atoms with Gasteiger partial charge in [0.1, 0.15) is 5.38 Å². The molecule has 0 radical (unpaired) electrons. The highest BCUT2D eigenvalue weighted by Crippen LogP contribution is 2.47. The standard InChI is InChI=1S/C26H20Cl3N3O2/c1-15-21(25(33)32(30-15)20-5-3-2-4-6-20)23(16-7-11-18(27)12-8-16)31-24(22(29)26(31)34)17-9-13-19(28)14-10-17/h2-14,22-24,30H,1H3. The Bertz CT molecular complexity index is 1400. The molecule has 3 atom stereocenters. The van der Waals surface area contributed by atoms with E-state index in [1.54, 1.807) is 29.2 Å². The lowest BCUT2D eigenvalue weighted by Crippen LogP contribution is -2.58. The third kappa shape index (κ3) is 3.84. The fourth-order valence-corrected chi connectivity index (χ4v) is 5.13. The molecule has 1 aliphatic rings. The van der Waals surface area contributed by atoms with Crippen LogP contribution in [0.1, 0.15) is 34.5 Å². The van der Waals surface area contributed by atoms with Gasteiger partial charge in [0.25, 0.3) is 5.56 Å². The van der Waals surface area contributed by atoms with Crippen LogP contribution in [-0.2, 0) is 4.79 Å². The van der Waals surface area contributed by atoms with Gasteiger partial charge in [-0.1, -0.05) is 65.7 Å². The number of amides is 1. The van der Waals surface area contributed by atoms with Gasteiger partial charge < -0.3 is 4.90 Å². The third-order valence-corrected chi connectivity index (χ3v) is 7.08. The number of halogens is 3. The first-order valence-corrected chi connectivity index (χ1v) is 11.9. The molecule has 5 nitrogen and oxygen atoms in total. The number of nitrogens with zero attached hydrogens (tertiary/aromatic N) is 2. The Morgan fingerprint density at radius 2 is 1.44 bits per heavy atom. The molecule has 1 N–H and O–H groups in total. The first-order chi connectivity index (χ1) is 16.4. The molecule has 172 valence electrons. The number of para-hydroxylation sites is 1. The predicted octanol–water partition coefficient (Wildman–Crippen LogP) is 6.06. The van der Waals surface area contributed by atoms with Gasteiger partial charge in [-0.25, -0.2) is 4.68 Å². The van der Waals surface area contributed by atoms with Crippen molar-refractivity contribution < 1.29 is 4.79 Å². The van der Waals surface area contributed by atoms with Crippen molar-refractivity contribution in [3.05, 3.63) is 122 Å². The molecular formula is C26H20Cl3N3O2. The first-order valence-electron chi connectivity index (χ1n) is 10.7. The fraction of sp³-hybridized carbons (Fsp3) is 0.154. The zero-order valence-corrected chi connectivity index (χ0v) is 20.4. The normalized spacial score (nSPS) is 18.6. The van der Waals surface area contributed by atoms with E-state index in [0.29, 0.717) is 27.0 Å². The summed E-state index contributed by atoms with van der Waals surface area (Å²) in [6.45, 7) is 1.83. The molecule has 1 fully saturated rings. The first kappa shape index (κ1) is 22.8. The molecule has 3 aromatic carbocycles. The average Bonchev–Trinajstić information content (AvgIpc) is 3.15. The van der Waals surface area contributed by atoms with Crippen molar-refractivity contribution in [1.82, 2.24) is 14.7 Å². The van der Waals surface area contributed by atoms with E-state index in [2.05, 4.69) is 5.10 Å². The molecule has 8 heteroatoms. The van der Waals surface area contributed by atoms with Gasteiger partial charge in [-0.05, 0) is 54.4 Å². The van der Waals surface area contributed by atoms with E-state index >= 15 is 0 Å². The van der Waals surface area contributed by atoms with Crippen LogP contribution in [-0.4, -0.2) is 26.0 Å². The molecule has 3 unspecified atom stereocenters. The number of likely N-dealkylation sites (tertiary alicyclic amines) is 1. The molecule has 1 saturated heterocycles. The van der Waals surface area contributed by atoms with Gasteiger partial charge in [0.05, 0.1) is 23.3 Å². The molecule has 34 heavy (non-hydrogen) atoms. The van der Waals surface area contributed by atoms with Crippen molar-refractivity contribution in [3.63, 3.8) is 0 Å². The minimum Gasteiger partial charge on any atom is -0.321 e. The maximum Gasteiger partial charge on any atom is 0.277 e. The van der Waals surface area contributed by atoms with Gasteiger partial charge in [0, 0.05) is 15.7 Å². The maximum absolute atomic E-state index is 13.7. The fourth-order valence-electron chi connectivity index (χ4n) is 4.50. The lowest BCUT2D eigenvalue weighted by Gasteiger charge is -2.49. The molecule has 0 aliphatic carbocycles. The second kappa shape index (κ2) is 8.99. The number of rotatable bonds is 5. The predicted molar refractivity (Wildman–Crippen MR) is 135 cm³/mol. The number of carbonyl (C=O) groups excluding carboxylic acids is 1. The van der Waals surface area contributed by atoms with Crippen LogP contribution in [0.3, 0.4) is 0 Å². The Morgan fingerprint density at radius 3 is 2.06 bits per heavy atom. The molecule has 1 aliphatic heterocycles. The zero-order valence-electron chi connectivity index (χ0n) is 18.1. The average molecular weight is 513 g/mol. The number of benzene rings is 3. The summed E-state index contributed by atoms with van der Waals surface area (Å²) >= 11 is 18.7. The molecule has 0 bridgehead atoms. The molecular weight excluding hydrogens is 493 g/mol. The summed E-state index contributed by atoms with van der Waals surface area (Å²) in [5.74, 6) is -0.243. The van der Waals surface area contributed by atoms with E-state index in [0.717, 1.165) is 11.1 Å². The van der Waals surface area contributed by atoms with Crippen molar-refractivity contribution in [2.75, 3.05) is 0 Å². The van der Waals surface area contributed by atoms with E-state index in [9.17, 15) is 9.59 Å². The number of hydrogen-bond acceptors (Lipinski definition) is 2. The minimum atomic E-state index is -0.744. The summed E-state index contributed by atoms with van der Waals surface area (Å²) in [7, 11) is 0. The number of alkyl halides is 1. The van der Waals surface area contributed by atoms with Crippen LogP contribution < -0.4 is 5.56 Å². The second-order valence-corrected chi connectivity index (χ2v) is 9.57. The Balaban J connectivity index is 1.68. The molecule has 4 aromatic rings. The van der Waals surface area contributed by atoms with Gasteiger partial charge in [0.15, 0.2) is 0 Å². The topological polar surface area (TPSA) is 58.1 Å². The van der Waals surface area contributed by atoms with Gasteiger partial charge in [-0.2, -0.15) is 0 Å². The van der Waals surface area contributed by atoms with Crippen LogP contribution in [0, 0.1) is 6.92 Å². The Kier molecular flexibility index (Phi) is 6.02. The van der Waals surface area contributed by atoms with E-state index in [1.807, 2.05) is 61.5 Å². The highest BCUT2D eigenvalue weighted by Gasteiger charge is 2.51. The second-order valence-electron chi connectivity index (χ2n) is 8.22. The van der Waals surface area contributed by atoms with Crippen LogP contribution >= 0.6 is 34.8 Å². The summed E-state index contributed by atoms with van der Waals surface area (Å²) < 4.78 is 1.49. The molecule has 0 spiro atoms. The number of β-lactam (4-membered cyclic amide) rings is 1. The van der Waals surface area contributed by atoms with Crippen LogP contribution in [0.2, 0.25) is 10.0 Å². The number of nitrogens with one attached hydrogen (secondary N) is 1. The van der Waals surface area contributed by atoms with E-state index in [-0.39, 0.29) is 11.5 Å². The number of aromatic nitrogens is 2. The summed E-state index contributed by atoms with van der Waals surface area (Å²) in [6.07, 6.45) is 0. The summed E-state index contributed by atoms with van der Waals surface area (Å²) in [5, 5.41) is 3.58. The van der Waals surface area contributed by atoms with Crippen LogP contribution in [0.25, 0.3) is 5.69 Å². The maximum atomic E-state index is 13.7. The van der Waals surface area contributed by atoms with Crippen molar-refractivity contribution in [2.45, 2.75) is 24.4 Å². The van der Waals surface area contributed by atoms with E-state index in [4.69, 9.17) is 34.8 Å². The lowest BCUT2D eigenvalue weighted by atomic mass is 9.86. The van der Waals surface area contributed by atoms with Crippen molar-refractivity contribution >= 4 is 40.7 Å². The molecule has 2 heterocycles. The minimum absolute atomic E-state index is 0.232. The van der Waals surface area contributed by atoms with Crippen LogP contribution in [0.5, 0.6) is 0 Å². The quantitative estimate of drug-likeness (QED) is 0.261. The molecule has 1 aromatic heterocycles. The number of aryl methyl sites for hydroxylation is 1. The molecule has 5 rings (SSSR count). The summed E-state index contributed by atoms with van der Waals surface area (Å²) in [4.78, 5) is 28.6. The van der Waals surface area contributed by atoms with Gasteiger partial charge in [-0.3, -0.25) is 14.7 Å². The Hall–Kier alpha value is -2.99. The van der Waals surface area contributed by atoms with E-state index in [1.165, 1.54) is 4.68 Å². The van der Waals surface area contributed by atoms with E-state index < -0.39 is 17.5 Å². The van der Waals surface area contributed by atoms with Gasteiger partial charge in [0.2, 0.25) is 5.91 Å². The number of carbonyl (C=O) groups is 1. The van der Waals surface area contributed by atoms with Gasteiger partial charge >= 0.3 is 0 Å². The monoisotopic (exact) mass is 511 g/mol. The number of H-pyrrole nitrogens is 1. The Morgan fingerprint density at radius 1 is 0.853 bits per heavy atom. The summed E-state index contributed by atoms with van der Waals surface area (Å²) in [6, 6.07) is 22.6. The van der Waals surface area contributed by atoms with Crippen molar-refractivity contribution in [2.24, 2.45) is 0 Å².